The summed E-state index contributed by atoms with van der Waals surface area (Å²) in [6, 6.07) is 7.89. The SMILES string of the molecule is CC(C)(C)OC(=O)NC(Cn1c(=O)c2c(n(Cc3c(F)cccc3C(F)(F)F)c1=O)COC21CCN(Cc2ccc(C(F)(F)F)o2)CC1)c1cccc([N+](=O)[O-])c1. The Morgan fingerprint density at radius 3 is 2.26 bits per heavy atom. The van der Waals surface area contributed by atoms with Gasteiger partial charge in [0, 0.05) is 30.8 Å². The fraction of sp³-hybridized carbons (Fsp3) is 0.432. The zero-order chi connectivity index (χ0) is 41.7. The zero-order valence-corrected chi connectivity index (χ0v) is 30.6. The van der Waals surface area contributed by atoms with Crippen LogP contribution in [0.1, 0.15) is 79.1 Å². The number of alkyl carbamates (subject to hydrolysis) is 1. The van der Waals surface area contributed by atoms with Gasteiger partial charge in [0.25, 0.3) is 11.2 Å². The van der Waals surface area contributed by atoms with E-state index in [1.807, 2.05) is 0 Å². The number of alkyl halides is 6. The Morgan fingerprint density at radius 2 is 1.65 bits per heavy atom. The van der Waals surface area contributed by atoms with Crippen molar-refractivity contribution in [1.82, 2.24) is 19.4 Å². The second-order valence-electron chi connectivity index (χ2n) is 14.7. The Hall–Kier alpha value is -5.50. The number of nitro benzene ring substituents is 1. The molecule has 4 aromatic rings. The van der Waals surface area contributed by atoms with Crippen molar-refractivity contribution >= 4 is 11.8 Å². The van der Waals surface area contributed by atoms with Gasteiger partial charge in [0.2, 0.25) is 5.76 Å². The quantitative estimate of drug-likeness (QED) is 0.107. The number of ether oxygens (including phenoxy) is 2. The fourth-order valence-electron chi connectivity index (χ4n) is 7.12. The van der Waals surface area contributed by atoms with Gasteiger partial charge in [0.1, 0.15) is 22.8 Å². The summed E-state index contributed by atoms with van der Waals surface area (Å²) >= 11 is 0. The third-order valence-electron chi connectivity index (χ3n) is 9.74. The van der Waals surface area contributed by atoms with Crippen molar-refractivity contribution < 1.29 is 54.3 Å². The van der Waals surface area contributed by atoms with E-state index in [4.69, 9.17) is 13.9 Å². The Bertz CT molecular complexity index is 2300. The van der Waals surface area contributed by atoms with Crippen LogP contribution < -0.4 is 16.6 Å². The number of hydrogen-bond donors (Lipinski definition) is 1. The first-order valence-electron chi connectivity index (χ1n) is 17.5. The smallest absolute Gasteiger partial charge is 0.449 e. The number of nitrogens with one attached hydrogen (secondary N) is 1. The standard InChI is InChI=1S/C37H36F7N5O8/c1-34(2,3)57-32(51)45-27(21-6-4-7-22(16-21)49(53)54)19-48-31(50)30-28(47(33(48)52)18-24-25(36(39,40)41)8-5-9-26(24)38)20-55-35(30)12-14-46(15-13-35)17-23-10-11-29(56-23)37(42,43)44/h4-11,16,27H,12-15,17-20H2,1-3H3,(H,45,51). The van der Waals surface area contributed by atoms with Crippen molar-refractivity contribution in [2.45, 2.75) is 89.5 Å². The lowest BCUT2D eigenvalue weighted by atomic mass is 9.85. The Labute approximate surface area is 318 Å². The van der Waals surface area contributed by atoms with Gasteiger partial charge in [-0.2, -0.15) is 26.3 Å². The summed E-state index contributed by atoms with van der Waals surface area (Å²) in [5.74, 6) is -2.43. The molecule has 20 heteroatoms. The van der Waals surface area contributed by atoms with E-state index in [-0.39, 0.29) is 55.1 Å². The van der Waals surface area contributed by atoms with Gasteiger partial charge in [-0.3, -0.25) is 28.9 Å². The van der Waals surface area contributed by atoms with Crippen molar-refractivity contribution in [3.8, 4) is 0 Å². The van der Waals surface area contributed by atoms with Gasteiger partial charge in [-0.1, -0.05) is 18.2 Å². The van der Waals surface area contributed by atoms with Gasteiger partial charge in [-0.05, 0) is 63.4 Å². The number of piperidine rings is 1. The van der Waals surface area contributed by atoms with E-state index in [1.165, 1.54) is 24.3 Å². The number of amides is 1. The molecule has 0 saturated carbocycles. The molecule has 1 atom stereocenters. The molecule has 0 bridgehead atoms. The highest BCUT2D eigenvalue weighted by Gasteiger charge is 2.48. The van der Waals surface area contributed by atoms with Gasteiger partial charge in [-0.25, -0.2) is 14.0 Å². The highest BCUT2D eigenvalue weighted by Crippen LogP contribution is 2.43. The Kier molecular flexibility index (Phi) is 10.9. The van der Waals surface area contributed by atoms with Crippen molar-refractivity contribution in [3.05, 3.63) is 131 Å². The molecule has 1 N–H and O–H groups in total. The van der Waals surface area contributed by atoms with Crippen LogP contribution in [0.2, 0.25) is 0 Å². The number of fused-ring (bicyclic) bond motifs is 2. The minimum atomic E-state index is -5.04. The molecule has 13 nitrogen and oxygen atoms in total. The lowest BCUT2D eigenvalue weighted by Crippen LogP contribution is -2.50. The molecule has 0 radical (unpaired) electrons. The van der Waals surface area contributed by atoms with Crippen molar-refractivity contribution in [3.63, 3.8) is 0 Å². The van der Waals surface area contributed by atoms with Gasteiger partial charge in [0.15, 0.2) is 0 Å². The highest BCUT2D eigenvalue weighted by atomic mass is 19.4. The predicted molar refractivity (Wildman–Crippen MR) is 185 cm³/mol. The number of carbonyl (C=O) groups is 1. The van der Waals surface area contributed by atoms with Crippen molar-refractivity contribution in [2.24, 2.45) is 0 Å². The van der Waals surface area contributed by atoms with E-state index < -0.39 is 100.0 Å². The second kappa shape index (κ2) is 15.1. The summed E-state index contributed by atoms with van der Waals surface area (Å²) in [4.78, 5) is 54.8. The van der Waals surface area contributed by atoms with Crippen LogP contribution in [0.4, 0.5) is 41.2 Å². The Balaban J connectivity index is 1.45. The minimum absolute atomic E-state index is 0.0252. The lowest BCUT2D eigenvalue weighted by molar-refractivity contribution is -0.384. The molecular weight excluding hydrogens is 775 g/mol. The molecule has 6 rings (SSSR count). The number of rotatable bonds is 9. The first-order valence-corrected chi connectivity index (χ1v) is 17.5. The second-order valence-corrected chi connectivity index (χ2v) is 14.7. The number of carbonyl (C=O) groups excluding carboxylic acids is 1. The highest BCUT2D eigenvalue weighted by molar-refractivity contribution is 5.68. The summed E-state index contributed by atoms with van der Waals surface area (Å²) in [5.41, 5.74) is -7.42. The molecule has 57 heavy (non-hydrogen) atoms. The van der Waals surface area contributed by atoms with Crippen LogP contribution >= 0.6 is 0 Å². The molecule has 1 spiro atoms. The molecule has 1 unspecified atom stereocenters. The van der Waals surface area contributed by atoms with E-state index in [1.54, 1.807) is 25.7 Å². The maximum Gasteiger partial charge on any atom is 0.449 e. The molecule has 2 aliphatic rings. The lowest BCUT2D eigenvalue weighted by Gasteiger charge is -2.38. The average Bonchev–Trinajstić information content (AvgIpc) is 3.74. The van der Waals surface area contributed by atoms with E-state index in [0.29, 0.717) is 10.6 Å². The largest absolute Gasteiger partial charge is 0.455 e. The number of nitrogens with zero attached hydrogens (tertiary/aromatic N) is 4. The van der Waals surface area contributed by atoms with Gasteiger partial charge in [0.05, 0.1) is 54.0 Å². The number of non-ortho nitro benzene ring substituents is 1. The van der Waals surface area contributed by atoms with Gasteiger partial charge >= 0.3 is 24.1 Å². The number of aromatic nitrogens is 2. The first-order chi connectivity index (χ1) is 26.6. The third-order valence-corrected chi connectivity index (χ3v) is 9.74. The summed E-state index contributed by atoms with van der Waals surface area (Å²) in [6.45, 7) is 2.81. The van der Waals surface area contributed by atoms with Crippen LogP contribution in [0.5, 0.6) is 0 Å². The maximum absolute atomic E-state index is 15.3. The number of hydrogen-bond acceptors (Lipinski definition) is 9. The van der Waals surface area contributed by atoms with E-state index in [2.05, 4.69) is 5.32 Å². The Morgan fingerprint density at radius 1 is 0.965 bits per heavy atom. The molecule has 0 aliphatic carbocycles. The van der Waals surface area contributed by atoms with Crippen molar-refractivity contribution in [2.75, 3.05) is 13.1 Å². The molecule has 2 aromatic carbocycles. The van der Waals surface area contributed by atoms with Crippen LogP contribution in [0.3, 0.4) is 0 Å². The van der Waals surface area contributed by atoms with E-state index in [9.17, 15) is 50.8 Å². The fourth-order valence-corrected chi connectivity index (χ4v) is 7.12. The monoisotopic (exact) mass is 811 g/mol. The van der Waals surface area contributed by atoms with Crippen LogP contribution in [0, 0.1) is 15.9 Å². The van der Waals surface area contributed by atoms with E-state index in [0.717, 1.165) is 28.8 Å². The third kappa shape index (κ3) is 8.75. The molecular formula is C37H36F7N5O8. The van der Waals surface area contributed by atoms with Crippen LogP contribution in [0.15, 0.2) is 68.6 Å². The normalized spacial score (nSPS) is 16.4. The van der Waals surface area contributed by atoms with Gasteiger partial charge in [-0.15, -0.1) is 0 Å². The van der Waals surface area contributed by atoms with Crippen LogP contribution in [0.25, 0.3) is 0 Å². The summed E-state index contributed by atoms with van der Waals surface area (Å²) in [5, 5.41) is 14.2. The zero-order valence-electron chi connectivity index (χ0n) is 30.6. The summed E-state index contributed by atoms with van der Waals surface area (Å²) in [7, 11) is 0. The number of furan rings is 1. The summed E-state index contributed by atoms with van der Waals surface area (Å²) < 4.78 is 115. The number of benzene rings is 2. The van der Waals surface area contributed by atoms with Crippen molar-refractivity contribution in [1.29, 1.82) is 0 Å². The molecule has 2 aromatic heterocycles. The number of nitro groups is 1. The van der Waals surface area contributed by atoms with Crippen LogP contribution in [-0.4, -0.2) is 43.7 Å². The first kappa shape index (κ1) is 41.1. The number of likely N-dealkylation sites (tertiary alicyclic amines) is 1. The molecule has 306 valence electrons. The van der Waals surface area contributed by atoms with Crippen LogP contribution in [-0.2, 0) is 53.7 Å². The maximum atomic E-state index is 15.3. The molecule has 1 saturated heterocycles. The summed E-state index contributed by atoms with van der Waals surface area (Å²) in [6.07, 6.45) is -10.7. The minimum Gasteiger partial charge on any atom is -0.455 e. The molecule has 2 aliphatic heterocycles. The average molecular weight is 812 g/mol. The van der Waals surface area contributed by atoms with E-state index >= 15 is 4.39 Å². The van der Waals surface area contributed by atoms with Gasteiger partial charge < -0.3 is 19.2 Å². The topological polar surface area (TPSA) is 151 Å². The molecule has 1 amide bonds. The molecule has 4 heterocycles. The molecule has 1 fully saturated rings. The predicted octanol–water partition coefficient (Wildman–Crippen LogP) is 7.02. The number of halogens is 7.